The van der Waals surface area contributed by atoms with Gasteiger partial charge in [-0.05, 0) is 29.3 Å². The van der Waals surface area contributed by atoms with Gasteiger partial charge in [0.2, 0.25) is 0 Å². The summed E-state index contributed by atoms with van der Waals surface area (Å²) in [5.41, 5.74) is 1.25. The number of halogens is 1. The molecule has 0 bridgehead atoms. The largest absolute Gasteiger partial charge is 0.452 e. The van der Waals surface area contributed by atoms with Crippen LogP contribution in [0.3, 0.4) is 0 Å². The number of non-ortho nitro benzene ring substituents is 1. The van der Waals surface area contributed by atoms with Crippen LogP contribution in [0, 0.1) is 10.1 Å². The van der Waals surface area contributed by atoms with E-state index in [4.69, 9.17) is 16.3 Å². The standard InChI is InChI=1S/C18H15ClN2O5/c19-15-7-4-14(5-8-15)11-20-17(22)12-26-18(23)9-6-13-2-1-3-16(10-13)21(24)25/h1-10H,11-12H2,(H,20,22)/b9-6+. The van der Waals surface area contributed by atoms with Gasteiger partial charge >= 0.3 is 5.97 Å². The predicted octanol–water partition coefficient (Wildman–Crippen LogP) is 3.12. The zero-order valence-electron chi connectivity index (χ0n) is 13.6. The lowest BCUT2D eigenvalue weighted by Gasteiger charge is -2.05. The number of ether oxygens (including phenoxy) is 1. The van der Waals surface area contributed by atoms with Gasteiger partial charge < -0.3 is 10.1 Å². The number of carbonyl (C=O) groups excluding carboxylic acids is 2. The molecule has 2 rings (SSSR count). The summed E-state index contributed by atoms with van der Waals surface area (Å²) in [6.07, 6.45) is 2.48. The highest BCUT2D eigenvalue weighted by molar-refractivity contribution is 6.30. The Kier molecular flexibility index (Phi) is 6.87. The van der Waals surface area contributed by atoms with Crippen LogP contribution in [0.25, 0.3) is 6.08 Å². The number of amides is 1. The molecule has 26 heavy (non-hydrogen) atoms. The first-order valence-electron chi connectivity index (χ1n) is 7.54. The van der Waals surface area contributed by atoms with E-state index < -0.39 is 23.4 Å². The molecule has 1 amide bonds. The normalized spacial score (nSPS) is 10.5. The van der Waals surface area contributed by atoms with E-state index in [1.165, 1.54) is 24.3 Å². The number of esters is 1. The highest BCUT2D eigenvalue weighted by atomic mass is 35.5. The van der Waals surface area contributed by atoms with Crippen LogP contribution >= 0.6 is 11.6 Å². The summed E-state index contributed by atoms with van der Waals surface area (Å²) >= 11 is 5.77. The first-order valence-corrected chi connectivity index (χ1v) is 7.92. The molecule has 0 spiro atoms. The maximum absolute atomic E-state index is 11.7. The van der Waals surface area contributed by atoms with Gasteiger partial charge in [0.1, 0.15) is 0 Å². The Hall–Kier alpha value is -3.19. The maximum atomic E-state index is 11.7. The Labute approximate surface area is 154 Å². The van der Waals surface area contributed by atoms with Gasteiger partial charge in [-0.3, -0.25) is 14.9 Å². The fraction of sp³-hybridized carbons (Fsp3) is 0.111. The van der Waals surface area contributed by atoms with Crippen LogP contribution in [-0.4, -0.2) is 23.4 Å². The minimum absolute atomic E-state index is 0.0814. The summed E-state index contributed by atoms with van der Waals surface area (Å²) in [6.45, 7) is -0.136. The van der Waals surface area contributed by atoms with Crippen molar-refractivity contribution in [1.82, 2.24) is 5.32 Å². The Bertz CT molecular complexity index is 834. The van der Waals surface area contributed by atoms with Crippen LogP contribution in [0.1, 0.15) is 11.1 Å². The van der Waals surface area contributed by atoms with E-state index in [0.717, 1.165) is 11.6 Å². The molecule has 0 aromatic heterocycles. The molecular formula is C18H15ClN2O5. The lowest BCUT2D eigenvalue weighted by Crippen LogP contribution is -2.28. The zero-order valence-corrected chi connectivity index (χ0v) is 14.3. The van der Waals surface area contributed by atoms with E-state index in [0.29, 0.717) is 10.6 Å². The first-order chi connectivity index (χ1) is 12.4. The smallest absolute Gasteiger partial charge is 0.331 e. The van der Waals surface area contributed by atoms with E-state index in [9.17, 15) is 19.7 Å². The summed E-state index contributed by atoms with van der Waals surface area (Å²) in [4.78, 5) is 33.4. The lowest BCUT2D eigenvalue weighted by molar-refractivity contribution is -0.384. The van der Waals surface area contributed by atoms with E-state index in [2.05, 4.69) is 5.32 Å². The Morgan fingerprint density at radius 2 is 1.92 bits per heavy atom. The number of benzene rings is 2. The summed E-state index contributed by atoms with van der Waals surface area (Å²) in [7, 11) is 0. The minimum atomic E-state index is -0.724. The molecule has 0 atom stereocenters. The van der Waals surface area contributed by atoms with Crippen LogP contribution in [0.5, 0.6) is 0 Å². The predicted molar refractivity (Wildman–Crippen MR) is 96.4 cm³/mol. The molecule has 0 aliphatic heterocycles. The molecule has 0 aliphatic rings. The van der Waals surface area contributed by atoms with E-state index in [1.54, 1.807) is 30.3 Å². The third kappa shape index (κ3) is 6.37. The number of hydrogen-bond acceptors (Lipinski definition) is 5. The van der Waals surface area contributed by atoms with Gasteiger partial charge in [0.25, 0.3) is 11.6 Å². The molecule has 0 saturated carbocycles. The second-order valence-electron chi connectivity index (χ2n) is 5.20. The van der Waals surface area contributed by atoms with Gasteiger partial charge in [-0.2, -0.15) is 0 Å². The molecule has 2 aromatic rings. The van der Waals surface area contributed by atoms with Crippen LogP contribution in [0.15, 0.2) is 54.6 Å². The summed E-state index contributed by atoms with van der Waals surface area (Å²) in [6, 6.07) is 12.8. The number of nitrogens with zero attached hydrogens (tertiary/aromatic N) is 1. The fourth-order valence-corrected chi connectivity index (χ4v) is 2.07. The monoisotopic (exact) mass is 374 g/mol. The van der Waals surface area contributed by atoms with Gasteiger partial charge in [-0.15, -0.1) is 0 Å². The van der Waals surface area contributed by atoms with Crippen LogP contribution < -0.4 is 5.32 Å². The molecule has 0 fully saturated rings. The van der Waals surface area contributed by atoms with Crippen molar-refractivity contribution in [2.24, 2.45) is 0 Å². The number of carbonyl (C=O) groups is 2. The summed E-state index contributed by atoms with van der Waals surface area (Å²) in [5.74, 6) is -1.17. The average molecular weight is 375 g/mol. The fourth-order valence-electron chi connectivity index (χ4n) is 1.95. The molecule has 0 unspecified atom stereocenters. The number of nitro groups is 1. The van der Waals surface area contributed by atoms with Crippen molar-refractivity contribution >= 4 is 35.2 Å². The van der Waals surface area contributed by atoms with Crippen molar-refractivity contribution < 1.29 is 19.2 Å². The average Bonchev–Trinajstić information content (AvgIpc) is 2.64. The topological polar surface area (TPSA) is 98.5 Å². The zero-order chi connectivity index (χ0) is 18.9. The molecular weight excluding hydrogens is 360 g/mol. The Balaban J connectivity index is 1.77. The summed E-state index contributed by atoms with van der Waals surface area (Å²) < 4.78 is 4.82. The number of hydrogen-bond donors (Lipinski definition) is 1. The second kappa shape index (κ2) is 9.33. The third-order valence-corrected chi connectivity index (χ3v) is 3.49. The lowest BCUT2D eigenvalue weighted by atomic mass is 10.2. The first kappa shape index (κ1) is 19.1. The van der Waals surface area contributed by atoms with Gasteiger partial charge in [-0.25, -0.2) is 4.79 Å². The number of nitrogens with one attached hydrogen (secondary N) is 1. The minimum Gasteiger partial charge on any atom is -0.452 e. The maximum Gasteiger partial charge on any atom is 0.331 e. The van der Waals surface area contributed by atoms with E-state index in [-0.39, 0.29) is 12.2 Å². The molecule has 0 radical (unpaired) electrons. The number of rotatable bonds is 7. The van der Waals surface area contributed by atoms with Gasteiger partial charge in [0.05, 0.1) is 4.92 Å². The Morgan fingerprint density at radius 1 is 1.19 bits per heavy atom. The molecule has 2 aromatic carbocycles. The highest BCUT2D eigenvalue weighted by Gasteiger charge is 2.06. The van der Waals surface area contributed by atoms with Gasteiger partial charge in [0, 0.05) is 29.8 Å². The van der Waals surface area contributed by atoms with Gasteiger partial charge in [0.15, 0.2) is 6.61 Å². The van der Waals surface area contributed by atoms with Crippen molar-refractivity contribution in [2.45, 2.75) is 6.54 Å². The number of nitro benzene ring substituents is 1. The molecule has 7 nitrogen and oxygen atoms in total. The van der Waals surface area contributed by atoms with Crippen molar-refractivity contribution in [3.05, 3.63) is 80.9 Å². The SMILES string of the molecule is O=C(COC(=O)/C=C/c1cccc([N+](=O)[O-])c1)NCc1ccc(Cl)cc1. The van der Waals surface area contributed by atoms with Crippen LogP contribution in [0.4, 0.5) is 5.69 Å². The van der Waals surface area contributed by atoms with Crippen LogP contribution in [0.2, 0.25) is 5.02 Å². The van der Waals surface area contributed by atoms with Crippen molar-refractivity contribution in [2.75, 3.05) is 6.61 Å². The van der Waals surface area contributed by atoms with E-state index in [1.807, 2.05) is 0 Å². The highest BCUT2D eigenvalue weighted by Crippen LogP contribution is 2.14. The second-order valence-corrected chi connectivity index (χ2v) is 5.63. The van der Waals surface area contributed by atoms with Crippen molar-refractivity contribution in [1.29, 1.82) is 0 Å². The summed E-state index contributed by atoms with van der Waals surface area (Å²) in [5, 5.41) is 13.9. The Morgan fingerprint density at radius 3 is 2.62 bits per heavy atom. The quantitative estimate of drug-likeness (QED) is 0.347. The molecule has 134 valence electrons. The molecule has 0 heterocycles. The van der Waals surface area contributed by atoms with E-state index >= 15 is 0 Å². The van der Waals surface area contributed by atoms with Crippen molar-refractivity contribution in [3.63, 3.8) is 0 Å². The third-order valence-electron chi connectivity index (χ3n) is 3.24. The van der Waals surface area contributed by atoms with Crippen molar-refractivity contribution in [3.8, 4) is 0 Å². The molecule has 8 heteroatoms. The molecule has 1 N–H and O–H groups in total. The molecule has 0 aliphatic carbocycles. The van der Waals surface area contributed by atoms with Gasteiger partial charge in [-0.1, -0.05) is 35.9 Å². The molecule has 0 saturated heterocycles. The van der Waals surface area contributed by atoms with Crippen LogP contribution in [-0.2, 0) is 20.9 Å².